The van der Waals surface area contributed by atoms with Crippen LogP contribution in [0.1, 0.15) is 91.4 Å². The highest BCUT2D eigenvalue weighted by Gasteiger charge is 2.26. The van der Waals surface area contributed by atoms with Gasteiger partial charge in [-0.25, -0.2) is 10.5 Å². The third kappa shape index (κ3) is 9.39. The van der Waals surface area contributed by atoms with E-state index in [9.17, 15) is 9.59 Å². The van der Waals surface area contributed by atoms with Crippen LogP contribution in [-0.2, 0) is 16.2 Å². The largest absolute Gasteiger partial charge is 0.445 e. The lowest BCUT2D eigenvalue weighted by Crippen LogP contribution is -2.31. The Morgan fingerprint density at radius 2 is 1.92 bits per heavy atom. The van der Waals surface area contributed by atoms with E-state index in [-0.39, 0.29) is 24.2 Å². The molecule has 1 heterocycles. The molecule has 1 aliphatic rings. The van der Waals surface area contributed by atoms with E-state index in [4.69, 9.17) is 9.25 Å². The standard InChI is InChI=1S/C28H42N4O4/c1-21-26(27(34)29-17-18-32(2)3)30-28(36-21)24(16-10-15-22-11-6-4-7-12-22)19-25(33)31-35-20-23-13-8-5-9-14-23/h5,8-9,13-14,22,24H,4,6-7,10-12,15-20H2,1-3H3,(H,29,34)(H,31,33)/t24-/m1/s1. The molecule has 3 rings (SSSR count). The summed E-state index contributed by atoms with van der Waals surface area (Å²) in [6.07, 6.45) is 9.71. The first-order valence-electron chi connectivity index (χ1n) is 13.3. The smallest absolute Gasteiger partial charge is 0.273 e. The minimum absolute atomic E-state index is 0.196. The molecular formula is C28H42N4O4. The summed E-state index contributed by atoms with van der Waals surface area (Å²) >= 11 is 0. The van der Waals surface area contributed by atoms with Crippen molar-refractivity contribution in [3.8, 4) is 0 Å². The van der Waals surface area contributed by atoms with Crippen molar-refractivity contribution in [1.29, 1.82) is 0 Å². The van der Waals surface area contributed by atoms with E-state index in [0.29, 0.717) is 30.5 Å². The Morgan fingerprint density at radius 1 is 1.17 bits per heavy atom. The van der Waals surface area contributed by atoms with E-state index in [1.165, 1.54) is 32.1 Å². The summed E-state index contributed by atoms with van der Waals surface area (Å²) in [5, 5.41) is 2.89. The lowest BCUT2D eigenvalue weighted by atomic mass is 9.84. The maximum Gasteiger partial charge on any atom is 0.273 e. The summed E-state index contributed by atoms with van der Waals surface area (Å²) < 4.78 is 5.94. The first kappa shape index (κ1) is 27.9. The molecule has 0 radical (unpaired) electrons. The number of likely N-dealkylation sites (N-methyl/N-ethyl adjacent to an activating group) is 1. The van der Waals surface area contributed by atoms with Gasteiger partial charge in [0.1, 0.15) is 5.76 Å². The van der Waals surface area contributed by atoms with Crippen LogP contribution in [0.2, 0.25) is 0 Å². The zero-order chi connectivity index (χ0) is 25.8. The third-order valence-corrected chi connectivity index (χ3v) is 6.81. The minimum Gasteiger partial charge on any atom is -0.445 e. The minimum atomic E-state index is -0.249. The van der Waals surface area contributed by atoms with Gasteiger partial charge in [0, 0.05) is 25.4 Å². The second kappa shape index (κ2) is 14.8. The molecule has 8 nitrogen and oxygen atoms in total. The van der Waals surface area contributed by atoms with Gasteiger partial charge in [-0.05, 0) is 38.9 Å². The van der Waals surface area contributed by atoms with Gasteiger partial charge in [0.25, 0.3) is 5.91 Å². The Morgan fingerprint density at radius 3 is 2.64 bits per heavy atom. The van der Waals surface area contributed by atoms with Crippen LogP contribution < -0.4 is 10.8 Å². The highest BCUT2D eigenvalue weighted by Crippen LogP contribution is 2.32. The normalized spacial score (nSPS) is 15.1. The summed E-state index contributed by atoms with van der Waals surface area (Å²) in [7, 11) is 3.91. The summed E-state index contributed by atoms with van der Waals surface area (Å²) in [5.41, 5.74) is 3.84. The van der Waals surface area contributed by atoms with E-state index in [1.54, 1.807) is 6.92 Å². The van der Waals surface area contributed by atoms with Crippen LogP contribution in [-0.4, -0.2) is 48.9 Å². The number of benzene rings is 1. The number of carbonyl (C=O) groups excluding carboxylic acids is 2. The summed E-state index contributed by atoms with van der Waals surface area (Å²) in [6.45, 7) is 3.32. The van der Waals surface area contributed by atoms with Gasteiger partial charge in [0.15, 0.2) is 11.6 Å². The number of oxazole rings is 1. The lowest BCUT2D eigenvalue weighted by molar-refractivity contribution is -0.135. The zero-order valence-corrected chi connectivity index (χ0v) is 22.1. The SMILES string of the molecule is Cc1oc([C@H](CCCC2CCCCC2)CC(=O)NOCc2ccccc2)nc1C(=O)NCCN(C)C. The third-order valence-electron chi connectivity index (χ3n) is 6.81. The van der Waals surface area contributed by atoms with Crippen molar-refractivity contribution >= 4 is 11.8 Å². The Bertz CT molecular complexity index is 938. The molecule has 1 saturated carbocycles. The van der Waals surface area contributed by atoms with Crippen LogP contribution in [0.4, 0.5) is 0 Å². The number of nitrogens with one attached hydrogen (secondary N) is 2. The summed E-state index contributed by atoms with van der Waals surface area (Å²) in [5.74, 6) is 1.02. The van der Waals surface area contributed by atoms with Crippen LogP contribution in [0, 0.1) is 12.8 Å². The second-order valence-corrected chi connectivity index (χ2v) is 10.2. The Kier molecular flexibility index (Phi) is 11.4. The molecule has 0 unspecified atom stereocenters. The number of hydroxylamine groups is 1. The number of hydrogen-bond donors (Lipinski definition) is 2. The van der Waals surface area contributed by atoms with Gasteiger partial charge >= 0.3 is 0 Å². The van der Waals surface area contributed by atoms with Crippen LogP contribution in [0.5, 0.6) is 0 Å². The van der Waals surface area contributed by atoms with Crippen molar-refractivity contribution in [2.75, 3.05) is 27.2 Å². The molecule has 2 N–H and O–H groups in total. The molecule has 1 aliphatic carbocycles. The molecule has 1 atom stereocenters. The number of rotatable bonds is 14. The lowest BCUT2D eigenvalue weighted by Gasteiger charge is -2.22. The molecule has 2 aromatic rings. The van der Waals surface area contributed by atoms with Gasteiger partial charge in [-0.3, -0.25) is 14.4 Å². The molecule has 2 amide bonds. The monoisotopic (exact) mass is 498 g/mol. The highest BCUT2D eigenvalue weighted by molar-refractivity contribution is 5.93. The number of amides is 2. The Balaban J connectivity index is 1.59. The molecule has 198 valence electrons. The van der Waals surface area contributed by atoms with E-state index < -0.39 is 0 Å². The number of hydrogen-bond acceptors (Lipinski definition) is 6. The van der Waals surface area contributed by atoms with E-state index in [0.717, 1.165) is 37.3 Å². The maximum atomic E-state index is 12.7. The zero-order valence-electron chi connectivity index (χ0n) is 22.1. The van der Waals surface area contributed by atoms with E-state index >= 15 is 0 Å². The van der Waals surface area contributed by atoms with Crippen LogP contribution in [0.15, 0.2) is 34.7 Å². The van der Waals surface area contributed by atoms with Crippen molar-refractivity contribution in [2.24, 2.45) is 5.92 Å². The van der Waals surface area contributed by atoms with E-state index in [1.807, 2.05) is 49.3 Å². The molecule has 0 saturated heterocycles. The van der Waals surface area contributed by atoms with Crippen molar-refractivity contribution in [3.05, 3.63) is 53.2 Å². The molecule has 1 aromatic carbocycles. The van der Waals surface area contributed by atoms with Gasteiger partial charge in [0.2, 0.25) is 5.91 Å². The molecule has 8 heteroatoms. The Labute approximate surface area is 215 Å². The first-order chi connectivity index (χ1) is 17.4. The quantitative estimate of drug-likeness (QED) is 0.365. The summed E-state index contributed by atoms with van der Waals surface area (Å²) in [4.78, 5) is 37.3. The fraction of sp³-hybridized carbons (Fsp3) is 0.607. The summed E-state index contributed by atoms with van der Waals surface area (Å²) in [6, 6.07) is 9.70. The number of nitrogens with zero attached hydrogens (tertiary/aromatic N) is 2. The molecule has 36 heavy (non-hydrogen) atoms. The molecule has 1 aromatic heterocycles. The molecule has 1 fully saturated rings. The number of aryl methyl sites for hydroxylation is 1. The molecule has 0 aliphatic heterocycles. The van der Waals surface area contributed by atoms with Crippen LogP contribution in [0.25, 0.3) is 0 Å². The van der Waals surface area contributed by atoms with Gasteiger partial charge in [-0.2, -0.15) is 0 Å². The fourth-order valence-corrected chi connectivity index (χ4v) is 4.76. The average Bonchev–Trinajstić information content (AvgIpc) is 3.26. The predicted octanol–water partition coefficient (Wildman–Crippen LogP) is 4.75. The average molecular weight is 499 g/mol. The highest BCUT2D eigenvalue weighted by atomic mass is 16.6. The van der Waals surface area contributed by atoms with E-state index in [2.05, 4.69) is 15.8 Å². The van der Waals surface area contributed by atoms with Gasteiger partial charge < -0.3 is 14.6 Å². The van der Waals surface area contributed by atoms with Crippen molar-refractivity contribution in [3.63, 3.8) is 0 Å². The Hall–Kier alpha value is -2.71. The molecule has 0 spiro atoms. The molecular weight excluding hydrogens is 456 g/mol. The maximum absolute atomic E-state index is 12.7. The topological polar surface area (TPSA) is 96.7 Å². The van der Waals surface area contributed by atoms with Crippen LogP contribution >= 0.6 is 0 Å². The second-order valence-electron chi connectivity index (χ2n) is 10.2. The fourth-order valence-electron chi connectivity index (χ4n) is 4.76. The van der Waals surface area contributed by atoms with Crippen molar-refractivity contribution < 1.29 is 18.8 Å². The van der Waals surface area contributed by atoms with Crippen molar-refractivity contribution in [1.82, 2.24) is 20.7 Å². The number of carbonyl (C=O) groups is 2. The predicted molar refractivity (Wildman–Crippen MR) is 139 cm³/mol. The first-order valence-corrected chi connectivity index (χ1v) is 13.3. The number of aromatic nitrogens is 1. The van der Waals surface area contributed by atoms with Crippen molar-refractivity contribution in [2.45, 2.75) is 77.2 Å². The molecule has 0 bridgehead atoms. The van der Waals surface area contributed by atoms with Crippen LogP contribution in [0.3, 0.4) is 0 Å². The van der Waals surface area contributed by atoms with Gasteiger partial charge in [-0.1, -0.05) is 75.3 Å². The van der Waals surface area contributed by atoms with Gasteiger partial charge in [-0.15, -0.1) is 0 Å². The van der Waals surface area contributed by atoms with Gasteiger partial charge in [0.05, 0.1) is 6.61 Å².